The standard InChI is InChI=1S/C13H11N3O3/c1-8-15-16-12(19-8)7-18-13(17)11-6-9-4-2-3-5-10(9)14-11/h2-6,14H,7H2,1H3. The molecule has 0 unspecified atom stereocenters. The highest BCUT2D eigenvalue weighted by Crippen LogP contribution is 2.15. The van der Waals surface area contributed by atoms with Gasteiger partial charge in [-0.1, -0.05) is 18.2 Å². The van der Waals surface area contributed by atoms with Gasteiger partial charge < -0.3 is 14.1 Å². The van der Waals surface area contributed by atoms with Crippen molar-refractivity contribution in [3.05, 3.63) is 47.8 Å². The maximum atomic E-state index is 11.9. The van der Waals surface area contributed by atoms with Crippen LogP contribution >= 0.6 is 0 Å². The average molecular weight is 257 g/mol. The SMILES string of the molecule is Cc1nnc(COC(=O)c2cc3ccccc3[nH]2)o1. The topological polar surface area (TPSA) is 81.0 Å². The molecule has 3 aromatic rings. The van der Waals surface area contributed by atoms with E-state index in [-0.39, 0.29) is 12.5 Å². The van der Waals surface area contributed by atoms with Crippen LogP contribution in [0.25, 0.3) is 10.9 Å². The molecule has 19 heavy (non-hydrogen) atoms. The Morgan fingerprint density at radius 1 is 1.37 bits per heavy atom. The van der Waals surface area contributed by atoms with Crippen LogP contribution in [0.15, 0.2) is 34.7 Å². The van der Waals surface area contributed by atoms with Gasteiger partial charge >= 0.3 is 5.97 Å². The number of aromatic nitrogens is 3. The summed E-state index contributed by atoms with van der Waals surface area (Å²) < 4.78 is 10.2. The van der Waals surface area contributed by atoms with Crippen molar-refractivity contribution in [3.8, 4) is 0 Å². The van der Waals surface area contributed by atoms with Crippen molar-refractivity contribution in [2.75, 3.05) is 0 Å². The lowest BCUT2D eigenvalue weighted by atomic mass is 10.2. The number of nitrogens with one attached hydrogen (secondary N) is 1. The summed E-state index contributed by atoms with van der Waals surface area (Å²) in [6.07, 6.45) is 0. The summed E-state index contributed by atoms with van der Waals surface area (Å²) in [6, 6.07) is 9.37. The Balaban J connectivity index is 1.73. The fraction of sp³-hybridized carbons (Fsp3) is 0.154. The Morgan fingerprint density at radius 3 is 2.95 bits per heavy atom. The predicted octanol–water partition coefficient (Wildman–Crippen LogP) is 2.22. The molecule has 6 nitrogen and oxygen atoms in total. The smallest absolute Gasteiger partial charge is 0.355 e. The summed E-state index contributed by atoms with van der Waals surface area (Å²) >= 11 is 0. The van der Waals surface area contributed by atoms with E-state index in [2.05, 4.69) is 15.2 Å². The number of H-pyrrole nitrogens is 1. The van der Waals surface area contributed by atoms with Crippen molar-refractivity contribution in [2.24, 2.45) is 0 Å². The van der Waals surface area contributed by atoms with Gasteiger partial charge in [-0.15, -0.1) is 10.2 Å². The number of ether oxygens (including phenoxy) is 1. The lowest BCUT2D eigenvalue weighted by Gasteiger charge is -1.98. The van der Waals surface area contributed by atoms with Crippen LogP contribution < -0.4 is 0 Å². The highest BCUT2D eigenvalue weighted by atomic mass is 16.5. The molecule has 0 atom stereocenters. The number of para-hydroxylation sites is 1. The average Bonchev–Trinajstić information content (AvgIpc) is 3.01. The van der Waals surface area contributed by atoms with E-state index in [1.165, 1.54) is 0 Å². The highest BCUT2D eigenvalue weighted by Gasteiger charge is 2.12. The van der Waals surface area contributed by atoms with Gasteiger partial charge in [-0.05, 0) is 12.1 Å². The van der Waals surface area contributed by atoms with Crippen molar-refractivity contribution in [1.29, 1.82) is 0 Å². The molecule has 0 radical (unpaired) electrons. The van der Waals surface area contributed by atoms with E-state index >= 15 is 0 Å². The third kappa shape index (κ3) is 2.33. The lowest BCUT2D eigenvalue weighted by Crippen LogP contribution is -2.05. The quantitative estimate of drug-likeness (QED) is 0.727. The van der Waals surface area contributed by atoms with Crippen molar-refractivity contribution in [3.63, 3.8) is 0 Å². The minimum atomic E-state index is -0.452. The molecule has 0 aliphatic heterocycles. The molecule has 0 fully saturated rings. The summed E-state index contributed by atoms with van der Waals surface area (Å²) in [5.74, 6) is 0.269. The number of nitrogens with zero attached hydrogens (tertiary/aromatic N) is 2. The minimum Gasteiger partial charge on any atom is -0.451 e. The molecule has 6 heteroatoms. The zero-order chi connectivity index (χ0) is 13.2. The van der Waals surface area contributed by atoms with Gasteiger partial charge in [0.1, 0.15) is 5.69 Å². The molecule has 1 N–H and O–H groups in total. The number of carbonyl (C=O) groups is 1. The minimum absolute atomic E-state index is 0.0327. The van der Waals surface area contributed by atoms with Gasteiger partial charge in [0.2, 0.25) is 5.89 Å². The van der Waals surface area contributed by atoms with Crippen LogP contribution in [0, 0.1) is 6.92 Å². The van der Waals surface area contributed by atoms with Gasteiger partial charge in [0.25, 0.3) is 5.89 Å². The number of hydrogen-bond donors (Lipinski definition) is 1. The number of aryl methyl sites for hydroxylation is 1. The van der Waals surface area contributed by atoms with Crippen molar-refractivity contribution in [2.45, 2.75) is 13.5 Å². The molecule has 96 valence electrons. The third-order valence-corrected chi connectivity index (χ3v) is 2.64. The van der Waals surface area contributed by atoms with Gasteiger partial charge in [0, 0.05) is 17.8 Å². The molecule has 0 aliphatic rings. The van der Waals surface area contributed by atoms with E-state index in [0.717, 1.165) is 10.9 Å². The Bertz CT molecular complexity index is 696. The molecule has 0 saturated heterocycles. The van der Waals surface area contributed by atoms with Crippen LogP contribution in [0.3, 0.4) is 0 Å². The number of rotatable bonds is 3. The van der Waals surface area contributed by atoms with E-state index in [4.69, 9.17) is 9.15 Å². The summed E-state index contributed by atoms with van der Waals surface area (Å²) in [7, 11) is 0. The normalized spacial score (nSPS) is 10.8. The largest absolute Gasteiger partial charge is 0.451 e. The number of esters is 1. The van der Waals surface area contributed by atoms with Crippen LogP contribution in [0.5, 0.6) is 0 Å². The molecule has 0 aliphatic carbocycles. The molecule has 1 aromatic carbocycles. The van der Waals surface area contributed by atoms with E-state index in [0.29, 0.717) is 11.6 Å². The number of fused-ring (bicyclic) bond motifs is 1. The molecule has 3 rings (SSSR count). The Labute approximate surface area is 108 Å². The molecular formula is C13H11N3O3. The van der Waals surface area contributed by atoms with Crippen molar-refractivity contribution in [1.82, 2.24) is 15.2 Å². The van der Waals surface area contributed by atoms with Gasteiger partial charge in [0.15, 0.2) is 6.61 Å². The second-order valence-corrected chi connectivity index (χ2v) is 4.06. The van der Waals surface area contributed by atoms with Gasteiger partial charge in [0.05, 0.1) is 0 Å². The zero-order valence-corrected chi connectivity index (χ0v) is 10.2. The van der Waals surface area contributed by atoms with Crippen LogP contribution in [-0.4, -0.2) is 21.2 Å². The number of aromatic amines is 1. The van der Waals surface area contributed by atoms with Crippen LogP contribution in [0.1, 0.15) is 22.3 Å². The fourth-order valence-corrected chi connectivity index (χ4v) is 1.78. The first kappa shape index (κ1) is 11.5. The molecular weight excluding hydrogens is 246 g/mol. The summed E-state index contributed by atoms with van der Waals surface area (Å²) in [5.41, 5.74) is 1.29. The maximum absolute atomic E-state index is 11.9. The van der Waals surface area contributed by atoms with Crippen LogP contribution in [0.2, 0.25) is 0 Å². The van der Waals surface area contributed by atoms with Crippen molar-refractivity contribution >= 4 is 16.9 Å². The fourth-order valence-electron chi connectivity index (χ4n) is 1.78. The van der Waals surface area contributed by atoms with E-state index in [1.807, 2.05) is 24.3 Å². The Hall–Kier alpha value is -2.63. The molecule has 2 aromatic heterocycles. The second kappa shape index (κ2) is 4.56. The van der Waals surface area contributed by atoms with Gasteiger partial charge in [-0.2, -0.15) is 0 Å². The van der Waals surface area contributed by atoms with Gasteiger partial charge in [-0.25, -0.2) is 4.79 Å². The molecule has 2 heterocycles. The number of benzene rings is 1. The zero-order valence-electron chi connectivity index (χ0n) is 10.2. The third-order valence-electron chi connectivity index (χ3n) is 2.64. The molecule has 0 bridgehead atoms. The monoisotopic (exact) mass is 257 g/mol. The first-order valence-electron chi connectivity index (χ1n) is 5.76. The molecule has 0 amide bonds. The number of carbonyl (C=O) groups excluding carboxylic acids is 1. The van der Waals surface area contributed by atoms with Crippen molar-refractivity contribution < 1.29 is 13.9 Å². The van der Waals surface area contributed by atoms with E-state index < -0.39 is 5.97 Å². The van der Waals surface area contributed by atoms with E-state index in [1.54, 1.807) is 13.0 Å². The first-order valence-corrected chi connectivity index (χ1v) is 5.76. The van der Waals surface area contributed by atoms with Gasteiger partial charge in [-0.3, -0.25) is 0 Å². The maximum Gasteiger partial charge on any atom is 0.355 e. The lowest BCUT2D eigenvalue weighted by molar-refractivity contribution is 0.0431. The number of hydrogen-bond acceptors (Lipinski definition) is 5. The molecule has 0 saturated carbocycles. The Kier molecular flexibility index (Phi) is 2.75. The van der Waals surface area contributed by atoms with Crippen LogP contribution in [0.4, 0.5) is 0 Å². The van der Waals surface area contributed by atoms with E-state index in [9.17, 15) is 4.79 Å². The Morgan fingerprint density at radius 2 is 2.21 bits per heavy atom. The van der Waals surface area contributed by atoms with Crippen LogP contribution in [-0.2, 0) is 11.3 Å². The second-order valence-electron chi connectivity index (χ2n) is 4.06. The summed E-state index contributed by atoms with van der Waals surface area (Å²) in [5, 5.41) is 8.37. The highest BCUT2D eigenvalue weighted by molar-refractivity contribution is 5.94. The summed E-state index contributed by atoms with van der Waals surface area (Å²) in [6.45, 7) is 1.64. The predicted molar refractivity (Wildman–Crippen MR) is 66.5 cm³/mol. The summed E-state index contributed by atoms with van der Waals surface area (Å²) in [4.78, 5) is 14.8. The molecule has 0 spiro atoms. The first-order chi connectivity index (χ1) is 9.22.